The van der Waals surface area contributed by atoms with Crippen molar-refractivity contribution in [2.45, 2.75) is 34.6 Å². The van der Waals surface area contributed by atoms with Gasteiger partial charge in [-0.2, -0.15) is 0 Å². The summed E-state index contributed by atoms with van der Waals surface area (Å²) in [4.78, 5) is 9.44. The monoisotopic (exact) mass is 256 g/mol. The van der Waals surface area contributed by atoms with Crippen LogP contribution in [0.3, 0.4) is 0 Å². The maximum atomic E-state index is 9.44. The maximum absolute atomic E-state index is 9.44. The standard InChI is InChI=1S/C8H10.C7H8.C3H6O/c1-7-5-3-4-6-8(7)2;1-7-5-3-2-4-6-7;1-3(2)4/h3-6H,1-2H3;2-6H,1H3;1-2H3. The van der Waals surface area contributed by atoms with Gasteiger partial charge < -0.3 is 4.79 Å². The first-order valence-electron chi connectivity index (χ1n) is 6.44. The molecule has 2 aromatic rings. The third-order valence-corrected chi connectivity index (χ3v) is 2.37. The molecule has 0 bridgehead atoms. The van der Waals surface area contributed by atoms with Gasteiger partial charge in [0.1, 0.15) is 5.78 Å². The van der Waals surface area contributed by atoms with E-state index in [-0.39, 0.29) is 5.78 Å². The van der Waals surface area contributed by atoms with E-state index >= 15 is 0 Å². The topological polar surface area (TPSA) is 17.1 Å². The average molecular weight is 256 g/mol. The molecular weight excluding hydrogens is 232 g/mol. The highest BCUT2D eigenvalue weighted by Crippen LogP contribution is 2.02. The van der Waals surface area contributed by atoms with Crippen LogP contribution in [0.2, 0.25) is 0 Å². The van der Waals surface area contributed by atoms with Crippen LogP contribution in [0, 0.1) is 20.8 Å². The molecule has 0 aliphatic rings. The molecule has 0 fully saturated rings. The van der Waals surface area contributed by atoms with E-state index in [2.05, 4.69) is 57.2 Å². The fourth-order valence-electron chi connectivity index (χ4n) is 1.20. The minimum atomic E-state index is 0.167. The molecule has 1 nitrogen and oxygen atoms in total. The predicted molar refractivity (Wildman–Crippen MR) is 83.5 cm³/mol. The van der Waals surface area contributed by atoms with Gasteiger partial charge in [-0.05, 0) is 45.7 Å². The number of rotatable bonds is 0. The molecule has 0 amide bonds. The first-order valence-corrected chi connectivity index (χ1v) is 6.44. The number of aryl methyl sites for hydroxylation is 3. The van der Waals surface area contributed by atoms with Gasteiger partial charge in [0.05, 0.1) is 0 Å². The summed E-state index contributed by atoms with van der Waals surface area (Å²) < 4.78 is 0. The third-order valence-electron chi connectivity index (χ3n) is 2.37. The number of benzene rings is 2. The zero-order valence-electron chi connectivity index (χ0n) is 12.6. The van der Waals surface area contributed by atoms with Gasteiger partial charge in [0.15, 0.2) is 0 Å². The van der Waals surface area contributed by atoms with E-state index in [9.17, 15) is 4.79 Å². The van der Waals surface area contributed by atoms with Gasteiger partial charge in [-0.3, -0.25) is 0 Å². The van der Waals surface area contributed by atoms with Crippen LogP contribution in [0.25, 0.3) is 0 Å². The lowest BCUT2D eigenvalue weighted by atomic mass is 10.1. The summed E-state index contributed by atoms with van der Waals surface area (Å²) in [6, 6.07) is 18.6. The van der Waals surface area contributed by atoms with E-state index in [1.54, 1.807) is 0 Å². The molecule has 0 aromatic heterocycles. The lowest BCUT2D eigenvalue weighted by Gasteiger charge is -1.93. The largest absolute Gasteiger partial charge is 0.300 e. The van der Waals surface area contributed by atoms with E-state index in [4.69, 9.17) is 0 Å². The molecule has 0 heterocycles. The molecule has 1 heteroatoms. The third kappa shape index (κ3) is 11.0. The number of hydrogen-bond donors (Lipinski definition) is 0. The van der Waals surface area contributed by atoms with Crippen LogP contribution in [0.4, 0.5) is 0 Å². The Hall–Kier alpha value is -1.89. The molecule has 19 heavy (non-hydrogen) atoms. The molecule has 0 saturated heterocycles. The lowest BCUT2D eigenvalue weighted by molar-refractivity contribution is -0.114. The number of hydrogen-bond acceptors (Lipinski definition) is 1. The average Bonchev–Trinajstić information content (AvgIpc) is 2.34. The van der Waals surface area contributed by atoms with Gasteiger partial charge in [-0.1, -0.05) is 60.2 Å². The summed E-state index contributed by atoms with van der Waals surface area (Å²) in [6.07, 6.45) is 0. The summed E-state index contributed by atoms with van der Waals surface area (Å²) >= 11 is 0. The predicted octanol–water partition coefficient (Wildman–Crippen LogP) is 4.89. The van der Waals surface area contributed by atoms with Crippen molar-refractivity contribution in [2.24, 2.45) is 0 Å². The quantitative estimate of drug-likeness (QED) is 0.655. The van der Waals surface area contributed by atoms with E-state index in [1.807, 2.05) is 18.2 Å². The molecular formula is C18H24O. The molecule has 2 rings (SSSR count). The van der Waals surface area contributed by atoms with E-state index in [0.717, 1.165) is 0 Å². The van der Waals surface area contributed by atoms with E-state index in [1.165, 1.54) is 30.5 Å². The van der Waals surface area contributed by atoms with Crippen LogP contribution in [-0.2, 0) is 4.79 Å². The van der Waals surface area contributed by atoms with Crippen molar-refractivity contribution in [1.29, 1.82) is 0 Å². The Bertz CT molecular complexity index is 447. The van der Waals surface area contributed by atoms with Crippen LogP contribution in [0.15, 0.2) is 54.6 Å². The van der Waals surface area contributed by atoms with Crippen molar-refractivity contribution in [3.63, 3.8) is 0 Å². The highest BCUT2D eigenvalue weighted by atomic mass is 16.1. The lowest BCUT2D eigenvalue weighted by Crippen LogP contribution is -1.74. The Morgan fingerprint density at radius 1 is 0.684 bits per heavy atom. The summed E-state index contributed by atoms with van der Waals surface area (Å²) in [6.45, 7) is 9.38. The molecule has 0 N–H and O–H groups in total. The van der Waals surface area contributed by atoms with Crippen molar-refractivity contribution in [2.75, 3.05) is 0 Å². The minimum absolute atomic E-state index is 0.167. The second-order valence-electron chi connectivity index (χ2n) is 4.65. The summed E-state index contributed by atoms with van der Waals surface area (Å²) in [5, 5.41) is 0. The van der Waals surface area contributed by atoms with Gasteiger partial charge in [0, 0.05) is 0 Å². The van der Waals surface area contributed by atoms with Crippen LogP contribution in [0.1, 0.15) is 30.5 Å². The fourth-order valence-corrected chi connectivity index (χ4v) is 1.20. The van der Waals surface area contributed by atoms with Crippen LogP contribution >= 0.6 is 0 Å². The molecule has 0 saturated carbocycles. The maximum Gasteiger partial charge on any atom is 0.126 e. The molecule has 0 aliphatic carbocycles. The van der Waals surface area contributed by atoms with E-state index < -0.39 is 0 Å². The number of carbonyl (C=O) groups is 1. The minimum Gasteiger partial charge on any atom is -0.300 e. The van der Waals surface area contributed by atoms with Gasteiger partial charge in [-0.25, -0.2) is 0 Å². The second kappa shape index (κ2) is 10.1. The van der Waals surface area contributed by atoms with E-state index in [0.29, 0.717) is 0 Å². The first-order chi connectivity index (χ1) is 8.93. The Kier molecular flexibility index (Phi) is 9.07. The summed E-state index contributed by atoms with van der Waals surface area (Å²) in [5.41, 5.74) is 4.06. The molecule has 0 atom stereocenters. The molecule has 2 aromatic carbocycles. The number of carbonyl (C=O) groups excluding carboxylic acids is 1. The highest BCUT2D eigenvalue weighted by molar-refractivity contribution is 5.72. The Balaban J connectivity index is 0.000000272. The summed E-state index contributed by atoms with van der Waals surface area (Å²) in [5.74, 6) is 0.167. The van der Waals surface area contributed by atoms with Gasteiger partial charge in [-0.15, -0.1) is 0 Å². The van der Waals surface area contributed by atoms with Crippen molar-refractivity contribution in [3.8, 4) is 0 Å². The zero-order valence-corrected chi connectivity index (χ0v) is 12.6. The Morgan fingerprint density at radius 2 is 1.00 bits per heavy atom. The number of ketones is 1. The molecule has 0 aliphatic heterocycles. The second-order valence-corrected chi connectivity index (χ2v) is 4.65. The van der Waals surface area contributed by atoms with Crippen molar-refractivity contribution in [3.05, 3.63) is 71.3 Å². The fraction of sp³-hybridized carbons (Fsp3) is 0.278. The summed E-state index contributed by atoms with van der Waals surface area (Å²) in [7, 11) is 0. The van der Waals surface area contributed by atoms with Crippen molar-refractivity contribution < 1.29 is 4.79 Å². The van der Waals surface area contributed by atoms with Gasteiger partial charge in [0.2, 0.25) is 0 Å². The zero-order chi connectivity index (χ0) is 14.7. The van der Waals surface area contributed by atoms with Crippen molar-refractivity contribution in [1.82, 2.24) is 0 Å². The molecule has 0 radical (unpaired) electrons. The molecule has 0 spiro atoms. The SMILES string of the molecule is CC(C)=O.Cc1ccccc1.Cc1ccccc1C. The van der Waals surface area contributed by atoms with Crippen LogP contribution < -0.4 is 0 Å². The molecule has 102 valence electrons. The normalized spacial score (nSPS) is 8.47. The Labute approximate surface area is 117 Å². The number of Topliss-reactive ketones (excluding diaryl/α,β-unsaturated/α-hetero) is 1. The van der Waals surface area contributed by atoms with Crippen LogP contribution in [-0.4, -0.2) is 5.78 Å². The van der Waals surface area contributed by atoms with Crippen molar-refractivity contribution >= 4 is 5.78 Å². The first kappa shape index (κ1) is 17.1. The highest BCUT2D eigenvalue weighted by Gasteiger charge is 1.83. The smallest absolute Gasteiger partial charge is 0.126 e. The van der Waals surface area contributed by atoms with Gasteiger partial charge in [0.25, 0.3) is 0 Å². The van der Waals surface area contributed by atoms with Crippen LogP contribution in [0.5, 0.6) is 0 Å². The Morgan fingerprint density at radius 3 is 1.21 bits per heavy atom. The molecule has 0 unspecified atom stereocenters. The van der Waals surface area contributed by atoms with Gasteiger partial charge >= 0.3 is 0 Å².